The average molecular weight is 283 g/mol. The van der Waals surface area contributed by atoms with Crippen LogP contribution in [0.15, 0.2) is 0 Å². The van der Waals surface area contributed by atoms with Gasteiger partial charge in [0.15, 0.2) is 0 Å². The van der Waals surface area contributed by atoms with Crippen molar-refractivity contribution in [2.75, 3.05) is 5.73 Å². The average Bonchev–Trinajstić information content (AvgIpc) is 2.91. The van der Waals surface area contributed by atoms with Gasteiger partial charge < -0.3 is 11.5 Å². The fourth-order valence-corrected chi connectivity index (χ4v) is 3.59. The molecule has 19 heavy (non-hydrogen) atoms. The highest BCUT2D eigenvalue weighted by molar-refractivity contribution is 7.21. The van der Waals surface area contributed by atoms with Crippen LogP contribution in [-0.2, 0) is 12.8 Å². The zero-order valence-corrected chi connectivity index (χ0v) is 10.7. The van der Waals surface area contributed by atoms with E-state index in [0.717, 1.165) is 17.8 Å². The van der Waals surface area contributed by atoms with Gasteiger partial charge in [-0.25, -0.2) is 13.8 Å². The lowest BCUT2D eigenvalue weighted by Gasteiger charge is -2.09. The van der Waals surface area contributed by atoms with Crippen LogP contribution in [0.25, 0.3) is 10.2 Å². The molecule has 2 aromatic heterocycles. The molecule has 1 aliphatic carbocycles. The standard InChI is InChI=1S/C12H11F2N3OS/c13-10(14)6-4-2-1-3-5(4)17-12-7(6)8(15)9(19-12)11(16)18/h10H,1-3,15H2,(H2,16,18). The number of hydrogen-bond acceptors (Lipinski definition) is 4. The number of pyridine rings is 1. The molecule has 2 aromatic rings. The minimum Gasteiger partial charge on any atom is -0.397 e. The Bertz CT molecular complexity index is 696. The Labute approximate surface area is 111 Å². The molecule has 0 unspecified atom stereocenters. The Kier molecular flexibility index (Phi) is 2.67. The molecule has 0 radical (unpaired) electrons. The van der Waals surface area contributed by atoms with E-state index in [2.05, 4.69) is 4.98 Å². The van der Waals surface area contributed by atoms with Gasteiger partial charge in [-0.3, -0.25) is 4.79 Å². The van der Waals surface area contributed by atoms with Crippen molar-refractivity contribution >= 4 is 33.1 Å². The third-order valence-electron chi connectivity index (χ3n) is 3.39. The fourth-order valence-electron chi connectivity index (χ4n) is 2.61. The van der Waals surface area contributed by atoms with Crippen LogP contribution in [-0.4, -0.2) is 10.9 Å². The summed E-state index contributed by atoms with van der Waals surface area (Å²) in [5, 5.41) is 0.203. The van der Waals surface area contributed by atoms with Crippen LogP contribution in [0.3, 0.4) is 0 Å². The van der Waals surface area contributed by atoms with Crippen molar-refractivity contribution in [1.29, 1.82) is 0 Å². The quantitative estimate of drug-likeness (QED) is 0.887. The minimum atomic E-state index is -2.63. The number of nitrogens with zero attached hydrogens (tertiary/aromatic N) is 1. The molecule has 2 heterocycles. The summed E-state index contributed by atoms with van der Waals surface area (Å²) in [6.45, 7) is 0. The molecule has 0 fully saturated rings. The summed E-state index contributed by atoms with van der Waals surface area (Å²) in [4.78, 5) is 16.1. The number of alkyl halides is 2. The summed E-state index contributed by atoms with van der Waals surface area (Å²) in [6, 6.07) is 0. The summed E-state index contributed by atoms with van der Waals surface area (Å²) in [6.07, 6.45) is -0.537. The molecule has 1 aliphatic rings. The minimum absolute atomic E-state index is 0.0324. The number of carbonyl (C=O) groups excluding carboxylic acids is 1. The zero-order valence-electron chi connectivity index (χ0n) is 9.87. The van der Waals surface area contributed by atoms with Crippen LogP contribution in [0.1, 0.15) is 39.3 Å². The molecule has 4 N–H and O–H groups in total. The maximum absolute atomic E-state index is 13.3. The predicted octanol–water partition coefficient (Wildman–Crippen LogP) is 2.40. The number of halogens is 2. The van der Waals surface area contributed by atoms with Gasteiger partial charge in [-0.05, 0) is 24.8 Å². The Morgan fingerprint density at radius 1 is 1.37 bits per heavy atom. The van der Waals surface area contributed by atoms with Crippen molar-refractivity contribution in [2.24, 2.45) is 5.73 Å². The van der Waals surface area contributed by atoms with Crippen molar-refractivity contribution in [1.82, 2.24) is 4.98 Å². The lowest BCUT2D eigenvalue weighted by molar-refractivity contribution is 0.100. The number of amides is 1. The van der Waals surface area contributed by atoms with E-state index in [1.165, 1.54) is 0 Å². The second kappa shape index (κ2) is 4.12. The molecular formula is C12H11F2N3OS. The highest BCUT2D eigenvalue weighted by atomic mass is 32.1. The highest BCUT2D eigenvalue weighted by Crippen LogP contribution is 2.42. The van der Waals surface area contributed by atoms with E-state index < -0.39 is 12.3 Å². The second-order valence-corrected chi connectivity index (χ2v) is 5.49. The van der Waals surface area contributed by atoms with E-state index in [9.17, 15) is 13.6 Å². The molecule has 0 bridgehead atoms. The predicted molar refractivity (Wildman–Crippen MR) is 69.5 cm³/mol. The molecule has 100 valence electrons. The smallest absolute Gasteiger partial charge is 0.264 e. The Morgan fingerprint density at radius 3 is 2.74 bits per heavy atom. The Morgan fingerprint density at radius 2 is 2.11 bits per heavy atom. The summed E-state index contributed by atoms with van der Waals surface area (Å²) >= 11 is 0.986. The van der Waals surface area contributed by atoms with E-state index in [4.69, 9.17) is 11.5 Å². The van der Waals surface area contributed by atoms with Crippen molar-refractivity contribution in [3.05, 3.63) is 21.7 Å². The lowest BCUT2D eigenvalue weighted by Crippen LogP contribution is -2.10. The van der Waals surface area contributed by atoms with Gasteiger partial charge in [0.05, 0.1) is 5.69 Å². The molecule has 0 aliphatic heterocycles. The highest BCUT2D eigenvalue weighted by Gasteiger charge is 2.28. The number of nitrogens with two attached hydrogens (primary N) is 2. The summed E-state index contributed by atoms with van der Waals surface area (Å²) in [5.74, 6) is -0.708. The molecule has 0 atom stereocenters. The first kappa shape index (κ1) is 12.3. The van der Waals surface area contributed by atoms with Gasteiger partial charge in [-0.1, -0.05) is 0 Å². The Hall–Kier alpha value is -1.76. The monoisotopic (exact) mass is 283 g/mol. The van der Waals surface area contributed by atoms with Gasteiger partial charge in [-0.15, -0.1) is 11.3 Å². The van der Waals surface area contributed by atoms with Crippen LogP contribution in [0.2, 0.25) is 0 Å². The molecular weight excluding hydrogens is 272 g/mol. The van der Waals surface area contributed by atoms with Crippen molar-refractivity contribution in [2.45, 2.75) is 25.7 Å². The number of thiophene rings is 1. The molecule has 4 nitrogen and oxygen atoms in total. The fraction of sp³-hybridized carbons (Fsp3) is 0.333. The normalized spacial score (nSPS) is 14.3. The van der Waals surface area contributed by atoms with E-state index in [0.29, 0.717) is 28.9 Å². The third kappa shape index (κ3) is 1.68. The largest absolute Gasteiger partial charge is 0.397 e. The van der Waals surface area contributed by atoms with E-state index in [1.54, 1.807) is 0 Å². The number of carbonyl (C=O) groups is 1. The number of hydrogen-bond donors (Lipinski definition) is 2. The van der Waals surface area contributed by atoms with Gasteiger partial charge in [0.2, 0.25) is 0 Å². The van der Waals surface area contributed by atoms with E-state index in [-0.39, 0.29) is 21.5 Å². The van der Waals surface area contributed by atoms with E-state index >= 15 is 0 Å². The molecule has 0 aromatic carbocycles. The van der Waals surface area contributed by atoms with Crippen LogP contribution < -0.4 is 11.5 Å². The van der Waals surface area contributed by atoms with Gasteiger partial charge in [0.25, 0.3) is 12.3 Å². The molecule has 1 amide bonds. The van der Waals surface area contributed by atoms with Crippen LogP contribution in [0, 0.1) is 0 Å². The van der Waals surface area contributed by atoms with E-state index in [1.807, 2.05) is 0 Å². The summed E-state index contributed by atoms with van der Waals surface area (Å²) in [5.41, 5.74) is 12.3. The van der Waals surface area contributed by atoms with Gasteiger partial charge in [-0.2, -0.15) is 0 Å². The Balaban J connectivity index is 2.42. The molecule has 3 rings (SSSR count). The molecule has 0 spiro atoms. The number of aryl methyl sites for hydroxylation is 1. The maximum atomic E-state index is 13.3. The number of rotatable bonds is 2. The first-order chi connectivity index (χ1) is 9.00. The second-order valence-electron chi connectivity index (χ2n) is 4.49. The summed E-state index contributed by atoms with van der Waals surface area (Å²) in [7, 11) is 0. The first-order valence-electron chi connectivity index (χ1n) is 5.82. The topological polar surface area (TPSA) is 82.0 Å². The first-order valence-corrected chi connectivity index (χ1v) is 6.64. The van der Waals surface area contributed by atoms with Gasteiger partial charge in [0.1, 0.15) is 9.71 Å². The van der Waals surface area contributed by atoms with Crippen LogP contribution >= 0.6 is 11.3 Å². The van der Waals surface area contributed by atoms with Crippen molar-refractivity contribution < 1.29 is 13.6 Å². The van der Waals surface area contributed by atoms with Crippen LogP contribution in [0.4, 0.5) is 14.5 Å². The van der Waals surface area contributed by atoms with Crippen molar-refractivity contribution in [3.8, 4) is 0 Å². The number of aromatic nitrogens is 1. The lowest BCUT2D eigenvalue weighted by atomic mass is 10.0. The molecule has 7 heteroatoms. The summed E-state index contributed by atoms with van der Waals surface area (Å²) < 4.78 is 26.7. The van der Waals surface area contributed by atoms with Crippen molar-refractivity contribution in [3.63, 3.8) is 0 Å². The van der Waals surface area contributed by atoms with Crippen LogP contribution in [0.5, 0.6) is 0 Å². The zero-order chi connectivity index (χ0) is 13.7. The molecule has 0 saturated carbocycles. The number of primary amides is 1. The van der Waals surface area contributed by atoms with Gasteiger partial charge in [0, 0.05) is 16.6 Å². The maximum Gasteiger partial charge on any atom is 0.264 e. The number of anilines is 1. The van der Waals surface area contributed by atoms with Gasteiger partial charge >= 0.3 is 0 Å². The number of nitrogen functional groups attached to an aromatic ring is 1. The number of fused-ring (bicyclic) bond motifs is 2. The SMILES string of the molecule is NC(=O)c1sc2nc3c(c(C(F)F)c2c1N)CCC3. The third-order valence-corrected chi connectivity index (χ3v) is 4.50. The molecule has 0 saturated heterocycles.